The Morgan fingerprint density at radius 3 is 2.50 bits per heavy atom. The summed E-state index contributed by atoms with van der Waals surface area (Å²) in [5.74, 6) is 0.473. The van der Waals surface area contributed by atoms with Gasteiger partial charge in [0, 0.05) is 18.1 Å². The second-order valence-electron chi connectivity index (χ2n) is 4.38. The Kier molecular flexibility index (Phi) is 3.13. The minimum absolute atomic E-state index is 0.229. The highest BCUT2D eigenvalue weighted by Gasteiger charge is 2.37. The van der Waals surface area contributed by atoms with Crippen LogP contribution in [0.4, 0.5) is 0 Å². The summed E-state index contributed by atoms with van der Waals surface area (Å²) in [6.07, 6.45) is 5.01. The van der Waals surface area contributed by atoms with Crippen LogP contribution in [0.2, 0.25) is 0 Å². The minimum Gasteiger partial charge on any atom is -0.396 e. The molecule has 72 valence electrons. The van der Waals surface area contributed by atoms with Crippen molar-refractivity contribution in [1.82, 2.24) is 4.90 Å². The van der Waals surface area contributed by atoms with Crippen LogP contribution in [-0.4, -0.2) is 36.2 Å². The van der Waals surface area contributed by atoms with Gasteiger partial charge < -0.3 is 10.0 Å². The van der Waals surface area contributed by atoms with E-state index in [1.54, 1.807) is 0 Å². The highest BCUT2D eigenvalue weighted by atomic mass is 16.3. The van der Waals surface area contributed by atoms with Gasteiger partial charge in [0.15, 0.2) is 0 Å². The molecule has 1 rings (SSSR count). The zero-order valence-corrected chi connectivity index (χ0v) is 8.51. The number of nitrogens with zero attached hydrogens (tertiary/aromatic N) is 1. The van der Waals surface area contributed by atoms with E-state index in [2.05, 4.69) is 25.9 Å². The van der Waals surface area contributed by atoms with Crippen molar-refractivity contribution < 1.29 is 5.11 Å². The highest BCUT2D eigenvalue weighted by Crippen LogP contribution is 2.36. The smallest absolute Gasteiger partial charge is 0.0476 e. The minimum atomic E-state index is 0.229. The van der Waals surface area contributed by atoms with Crippen molar-refractivity contribution in [3.05, 3.63) is 0 Å². The van der Waals surface area contributed by atoms with Crippen LogP contribution in [0.3, 0.4) is 0 Å². The molecule has 0 unspecified atom stereocenters. The average molecular weight is 171 g/mol. The molecule has 0 spiro atoms. The quantitative estimate of drug-likeness (QED) is 0.680. The van der Waals surface area contributed by atoms with Crippen LogP contribution in [0.1, 0.15) is 32.6 Å². The van der Waals surface area contributed by atoms with E-state index >= 15 is 0 Å². The zero-order chi connectivity index (χ0) is 9.19. The van der Waals surface area contributed by atoms with Gasteiger partial charge in [0.1, 0.15) is 0 Å². The molecule has 1 N–H and O–H groups in total. The third-order valence-electron chi connectivity index (χ3n) is 3.61. The van der Waals surface area contributed by atoms with Crippen molar-refractivity contribution >= 4 is 0 Å². The summed E-state index contributed by atoms with van der Waals surface area (Å²) in [4.78, 5) is 2.27. The monoisotopic (exact) mass is 171 g/mol. The molecule has 2 nitrogen and oxygen atoms in total. The molecule has 0 bridgehead atoms. The Labute approximate surface area is 75.6 Å². The average Bonchev–Trinajstić information content (AvgIpc) is 2.05. The Morgan fingerprint density at radius 1 is 1.42 bits per heavy atom. The van der Waals surface area contributed by atoms with Crippen LogP contribution in [0, 0.1) is 5.92 Å². The van der Waals surface area contributed by atoms with E-state index in [0.717, 1.165) is 0 Å². The van der Waals surface area contributed by atoms with Crippen molar-refractivity contribution in [3.63, 3.8) is 0 Å². The van der Waals surface area contributed by atoms with Crippen molar-refractivity contribution in [2.45, 2.75) is 38.1 Å². The molecule has 0 aromatic heterocycles. The highest BCUT2D eigenvalue weighted by molar-refractivity contribution is 4.92. The maximum Gasteiger partial charge on any atom is 0.0476 e. The van der Waals surface area contributed by atoms with Crippen molar-refractivity contribution in [3.8, 4) is 0 Å². The second kappa shape index (κ2) is 3.75. The predicted octanol–water partition coefficient (Wildman–Crippen LogP) is 1.49. The van der Waals surface area contributed by atoms with Gasteiger partial charge in [0.2, 0.25) is 0 Å². The van der Waals surface area contributed by atoms with Gasteiger partial charge in [0.05, 0.1) is 0 Å². The summed E-state index contributed by atoms with van der Waals surface area (Å²) in [7, 11) is 4.24. The van der Waals surface area contributed by atoms with Gasteiger partial charge in [-0.25, -0.2) is 0 Å². The Hall–Kier alpha value is -0.0800. The van der Waals surface area contributed by atoms with Crippen LogP contribution in [0.15, 0.2) is 0 Å². The Bertz CT molecular complexity index is 147. The van der Waals surface area contributed by atoms with Gasteiger partial charge in [-0.15, -0.1) is 0 Å². The lowest BCUT2D eigenvalue weighted by molar-refractivity contribution is 0.0203. The third kappa shape index (κ3) is 1.64. The molecule has 0 aromatic carbocycles. The topological polar surface area (TPSA) is 23.5 Å². The standard InChI is InChI=1S/C10H21NO/c1-10(11(2)3)7-5-4-6-9(10)8-12/h9,12H,4-8H2,1-3H3/t9-,10-/m0/s1. The van der Waals surface area contributed by atoms with E-state index in [1.165, 1.54) is 25.7 Å². The molecule has 2 heteroatoms. The van der Waals surface area contributed by atoms with E-state index in [4.69, 9.17) is 0 Å². The molecule has 0 radical (unpaired) electrons. The normalized spacial score (nSPS) is 37.2. The molecule has 0 heterocycles. The number of aliphatic hydroxyl groups is 1. The van der Waals surface area contributed by atoms with E-state index in [0.29, 0.717) is 12.5 Å². The molecule has 1 fully saturated rings. The molecule has 0 amide bonds. The van der Waals surface area contributed by atoms with Crippen LogP contribution in [0.5, 0.6) is 0 Å². The molecule has 0 aromatic rings. The molecule has 0 saturated heterocycles. The summed E-state index contributed by atoms with van der Waals surface area (Å²) in [6, 6.07) is 0. The SMILES string of the molecule is CN(C)[C@@]1(C)CCCC[C@H]1CO. The number of hydrogen-bond acceptors (Lipinski definition) is 2. The van der Waals surface area contributed by atoms with E-state index in [-0.39, 0.29) is 5.54 Å². The lowest BCUT2D eigenvalue weighted by atomic mass is 9.73. The van der Waals surface area contributed by atoms with Crippen LogP contribution in [-0.2, 0) is 0 Å². The first-order chi connectivity index (χ1) is 5.61. The molecule has 2 atom stereocenters. The van der Waals surface area contributed by atoms with Gasteiger partial charge in [-0.2, -0.15) is 0 Å². The van der Waals surface area contributed by atoms with Gasteiger partial charge in [-0.05, 0) is 33.9 Å². The number of rotatable bonds is 2. The van der Waals surface area contributed by atoms with Gasteiger partial charge in [0.25, 0.3) is 0 Å². The van der Waals surface area contributed by atoms with Crippen molar-refractivity contribution in [2.75, 3.05) is 20.7 Å². The molecular formula is C10H21NO. The zero-order valence-electron chi connectivity index (χ0n) is 8.51. The molecule has 1 aliphatic rings. The predicted molar refractivity (Wildman–Crippen MR) is 51.1 cm³/mol. The summed E-state index contributed by atoms with van der Waals surface area (Å²) >= 11 is 0. The summed E-state index contributed by atoms with van der Waals surface area (Å²) in [5.41, 5.74) is 0.229. The van der Waals surface area contributed by atoms with Gasteiger partial charge >= 0.3 is 0 Å². The second-order valence-corrected chi connectivity index (χ2v) is 4.38. The first-order valence-corrected chi connectivity index (χ1v) is 4.89. The summed E-state index contributed by atoms with van der Waals surface area (Å²) in [5, 5.41) is 9.25. The van der Waals surface area contributed by atoms with Crippen LogP contribution >= 0.6 is 0 Å². The molecule has 0 aliphatic heterocycles. The maximum absolute atomic E-state index is 9.25. The van der Waals surface area contributed by atoms with Crippen LogP contribution < -0.4 is 0 Å². The van der Waals surface area contributed by atoms with Crippen molar-refractivity contribution in [2.24, 2.45) is 5.92 Å². The van der Waals surface area contributed by atoms with E-state index in [9.17, 15) is 5.11 Å². The first kappa shape index (κ1) is 10.0. The third-order valence-corrected chi connectivity index (χ3v) is 3.61. The van der Waals surface area contributed by atoms with E-state index in [1.807, 2.05) is 0 Å². The first-order valence-electron chi connectivity index (χ1n) is 4.89. The fourth-order valence-corrected chi connectivity index (χ4v) is 2.27. The molecule has 1 saturated carbocycles. The van der Waals surface area contributed by atoms with Gasteiger partial charge in [-0.3, -0.25) is 0 Å². The summed E-state index contributed by atoms with van der Waals surface area (Å²) < 4.78 is 0. The maximum atomic E-state index is 9.25. The molecule has 12 heavy (non-hydrogen) atoms. The fourth-order valence-electron chi connectivity index (χ4n) is 2.27. The van der Waals surface area contributed by atoms with Gasteiger partial charge in [-0.1, -0.05) is 12.8 Å². The lowest BCUT2D eigenvalue weighted by Gasteiger charge is -2.45. The molecular weight excluding hydrogens is 150 g/mol. The van der Waals surface area contributed by atoms with Crippen molar-refractivity contribution in [1.29, 1.82) is 0 Å². The largest absolute Gasteiger partial charge is 0.396 e. The van der Waals surface area contributed by atoms with E-state index < -0.39 is 0 Å². The van der Waals surface area contributed by atoms with Crippen LogP contribution in [0.25, 0.3) is 0 Å². The lowest BCUT2D eigenvalue weighted by Crippen LogP contribution is -2.50. The Morgan fingerprint density at radius 2 is 2.08 bits per heavy atom. The number of aliphatic hydroxyl groups excluding tert-OH is 1. The Balaban J connectivity index is 2.68. The molecule has 1 aliphatic carbocycles. The number of hydrogen-bond donors (Lipinski definition) is 1. The fraction of sp³-hybridized carbons (Fsp3) is 1.00. The summed E-state index contributed by atoms with van der Waals surface area (Å²) in [6.45, 7) is 2.61.